The monoisotopic (exact) mass is 286 g/mol. The molecular weight excluding hydrogens is 264 g/mol. The maximum absolute atomic E-state index is 12.1. The predicted octanol–water partition coefficient (Wildman–Crippen LogP) is 2.75. The molecule has 2 aliphatic heterocycles. The van der Waals surface area contributed by atoms with Crippen LogP contribution in [0.15, 0.2) is 30.9 Å². The van der Waals surface area contributed by atoms with E-state index in [4.69, 9.17) is 4.74 Å². The summed E-state index contributed by atoms with van der Waals surface area (Å²) in [5.74, 6) is 1.14. The summed E-state index contributed by atoms with van der Waals surface area (Å²) in [5, 5.41) is 0. The van der Waals surface area contributed by atoms with E-state index in [0.29, 0.717) is 6.42 Å². The molecule has 1 saturated heterocycles. The van der Waals surface area contributed by atoms with Gasteiger partial charge in [0.15, 0.2) is 0 Å². The lowest BCUT2D eigenvalue weighted by Gasteiger charge is -2.39. The molecule has 112 valence electrons. The van der Waals surface area contributed by atoms with Crippen molar-refractivity contribution in [3.8, 4) is 5.75 Å². The van der Waals surface area contributed by atoms with Crippen molar-refractivity contribution in [3.63, 3.8) is 0 Å². The number of benzene rings is 1. The van der Waals surface area contributed by atoms with Crippen LogP contribution in [0, 0.1) is 0 Å². The number of fused-ring (bicyclic) bond motifs is 1. The molecule has 21 heavy (non-hydrogen) atoms. The van der Waals surface area contributed by atoms with Crippen molar-refractivity contribution in [2.45, 2.75) is 25.3 Å². The first-order valence-corrected chi connectivity index (χ1v) is 7.58. The molecule has 0 spiro atoms. The van der Waals surface area contributed by atoms with Crippen LogP contribution in [0.5, 0.6) is 5.75 Å². The van der Waals surface area contributed by atoms with Gasteiger partial charge in [0.25, 0.3) is 0 Å². The maximum atomic E-state index is 12.1. The highest BCUT2D eigenvalue weighted by atomic mass is 16.5. The molecular formula is C17H22N2O2. The average molecular weight is 286 g/mol. The Labute approximate surface area is 126 Å². The van der Waals surface area contributed by atoms with Crippen LogP contribution in [0.4, 0.5) is 5.69 Å². The minimum absolute atomic E-state index is 0.186. The van der Waals surface area contributed by atoms with Gasteiger partial charge < -0.3 is 14.5 Å². The van der Waals surface area contributed by atoms with Gasteiger partial charge in [-0.25, -0.2) is 0 Å². The molecule has 1 aromatic carbocycles. The van der Waals surface area contributed by atoms with Crippen LogP contribution in [-0.2, 0) is 4.79 Å². The van der Waals surface area contributed by atoms with E-state index in [1.165, 1.54) is 11.3 Å². The molecule has 4 heteroatoms. The zero-order chi connectivity index (χ0) is 14.8. The van der Waals surface area contributed by atoms with Crippen LogP contribution in [-0.4, -0.2) is 37.6 Å². The maximum Gasteiger partial charge on any atom is 0.223 e. The van der Waals surface area contributed by atoms with Gasteiger partial charge in [0.05, 0.1) is 13.2 Å². The Bertz CT molecular complexity index is 556. The van der Waals surface area contributed by atoms with Crippen LogP contribution in [0.25, 0.3) is 0 Å². The number of carbonyl (C=O) groups excluding carboxylic acids is 1. The summed E-state index contributed by atoms with van der Waals surface area (Å²) < 4.78 is 5.37. The number of hydrogen-bond donors (Lipinski definition) is 0. The molecule has 0 saturated carbocycles. The molecule has 0 N–H and O–H groups in total. The largest absolute Gasteiger partial charge is 0.497 e. The van der Waals surface area contributed by atoms with E-state index in [1.807, 2.05) is 17.0 Å². The van der Waals surface area contributed by atoms with E-state index in [-0.39, 0.29) is 11.9 Å². The van der Waals surface area contributed by atoms with Gasteiger partial charge in [-0.3, -0.25) is 4.79 Å². The third kappa shape index (κ3) is 2.50. The van der Waals surface area contributed by atoms with Crippen LogP contribution in [0.1, 0.15) is 30.9 Å². The Hall–Kier alpha value is -1.97. The molecule has 2 heterocycles. The number of hydrogen-bond acceptors (Lipinski definition) is 3. The van der Waals surface area contributed by atoms with E-state index in [9.17, 15) is 4.79 Å². The third-order valence-corrected chi connectivity index (χ3v) is 4.44. The van der Waals surface area contributed by atoms with Gasteiger partial charge in [-0.15, -0.1) is 6.58 Å². The van der Waals surface area contributed by atoms with Gasteiger partial charge in [-0.2, -0.15) is 0 Å². The van der Waals surface area contributed by atoms with Gasteiger partial charge in [-0.05, 0) is 31.0 Å². The number of amides is 1. The van der Waals surface area contributed by atoms with Crippen LogP contribution in [0.2, 0.25) is 0 Å². The second-order valence-electron chi connectivity index (χ2n) is 5.65. The topological polar surface area (TPSA) is 32.8 Å². The highest BCUT2D eigenvalue weighted by Gasteiger charge is 2.34. The quantitative estimate of drug-likeness (QED) is 0.798. The van der Waals surface area contributed by atoms with Crippen molar-refractivity contribution >= 4 is 11.6 Å². The van der Waals surface area contributed by atoms with Crippen molar-refractivity contribution in [3.05, 3.63) is 36.4 Å². The Morgan fingerprint density at radius 2 is 2.29 bits per heavy atom. The molecule has 0 aliphatic carbocycles. The lowest BCUT2D eigenvalue weighted by Crippen LogP contribution is -2.38. The summed E-state index contributed by atoms with van der Waals surface area (Å²) in [4.78, 5) is 16.5. The molecule has 0 radical (unpaired) electrons. The minimum atomic E-state index is 0.186. The van der Waals surface area contributed by atoms with Gasteiger partial charge in [-0.1, -0.05) is 6.08 Å². The second-order valence-corrected chi connectivity index (χ2v) is 5.65. The molecule has 4 nitrogen and oxygen atoms in total. The van der Waals surface area contributed by atoms with Crippen LogP contribution < -0.4 is 9.64 Å². The number of ether oxygens (including phenoxy) is 1. The Balaban J connectivity index is 1.99. The molecule has 1 atom stereocenters. The summed E-state index contributed by atoms with van der Waals surface area (Å²) in [6, 6.07) is 6.36. The summed E-state index contributed by atoms with van der Waals surface area (Å²) in [7, 11) is 1.68. The highest BCUT2D eigenvalue weighted by Crippen LogP contribution is 2.40. The summed E-state index contributed by atoms with van der Waals surface area (Å²) in [6.45, 7) is 6.51. The molecule has 0 aromatic heterocycles. The number of likely N-dealkylation sites (tertiary alicyclic amines) is 1. The van der Waals surface area contributed by atoms with E-state index < -0.39 is 0 Å². The summed E-state index contributed by atoms with van der Waals surface area (Å²) in [5.41, 5.74) is 2.41. The normalized spacial score (nSPS) is 21.4. The van der Waals surface area contributed by atoms with E-state index in [1.54, 1.807) is 7.11 Å². The fourth-order valence-electron chi connectivity index (χ4n) is 3.44. The first-order chi connectivity index (χ1) is 10.2. The number of carbonyl (C=O) groups is 1. The van der Waals surface area contributed by atoms with E-state index in [2.05, 4.69) is 23.6 Å². The number of nitrogens with zero attached hydrogens (tertiary/aromatic N) is 2. The Morgan fingerprint density at radius 1 is 1.43 bits per heavy atom. The summed E-state index contributed by atoms with van der Waals surface area (Å²) >= 11 is 0. The summed E-state index contributed by atoms with van der Waals surface area (Å²) in [6.07, 6.45) is 4.56. The van der Waals surface area contributed by atoms with Crippen LogP contribution in [0.3, 0.4) is 0 Å². The first kappa shape index (κ1) is 14.0. The van der Waals surface area contributed by atoms with Crippen LogP contribution >= 0.6 is 0 Å². The molecule has 1 aromatic rings. The van der Waals surface area contributed by atoms with E-state index in [0.717, 1.165) is 38.2 Å². The molecule has 1 amide bonds. The minimum Gasteiger partial charge on any atom is -0.497 e. The number of anilines is 1. The molecule has 1 unspecified atom stereocenters. The lowest BCUT2D eigenvalue weighted by atomic mass is 9.94. The predicted molar refractivity (Wildman–Crippen MR) is 83.7 cm³/mol. The SMILES string of the molecule is C=CCN1CCC(N2CCCC2=O)c2cc(OC)ccc21. The van der Waals surface area contributed by atoms with Crippen molar-refractivity contribution < 1.29 is 9.53 Å². The third-order valence-electron chi connectivity index (χ3n) is 4.44. The molecule has 1 fully saturated rings. The molecule has 2 aliphatic rings. The Kier molecular flexibility index (Phi) is 3.86. The van der Waals surface area contributed by atoms with Gasteiger partial charge in [0, 0.05) is 37.3 Å². The molecule has 3 rings (SSSR count). The van der Waals surface area contributed by atoms with Crippen molar-refractivity contribution in [2.75, 3.05) is 31.6 Å². The fraction of sp³-hybridized carbons (Fsp3) is 0.471. The zero-order valence-electron chi connectivity index (χ0n) is 12.5. The van der Waals surface area contributed by atoms with Gasteiger partial charge >= 0.3 is 0 Å². The smallest absolute Gasteiger partial charge is 0.223 e. The highest BCUT2D eigenvalue weighted by molar-refractivity contribution is 5.79. The van der Waals surface area contributed by atoms with Gasteiger partial charge in [0.1, 0.15) is 5.75 Å². The molecule has 0 bridgehead atoms. The van der Waals surface area contributed by atoms with Crippen molar-refractivity contribution in [1.82, 2.24) is 4.90 Å². The van der Waals surface area contributed by atoms with Gasteiger partial charge in [0.2, 0.25) is 5.91 Å². The lowest BCUT2D eigenvalue weighted by molar-refractivity contribution is -0.130. The number of rotatable bonds is 4. The van der Waals surface area contributed by atoms with E-state index >= 15 is 0 Å². The second kappa shape index (κ2) is 5.80. The first-order valence-electron chi connectivity index (χ1n) is 7.58. The van der Waals surface area contributed by atoms with Crippen molar-refractivity contribution in [2.24, 2.45) is 0 Å². The fourth-order valence-corrected chi connectivity index (χ4v) is 3.44. The zero-order valence-corrected chi connectivity index (χ0v) is 12.5. The Morgan fingerprint density at radius 3 is 2.95 bits per heavy atom. The average Bonchev–Trinajstić information content (AvgIpc) is 2.93. The van der Waals surface area contributed by atoms with Crippen molar-refractivity contribution in [1.29, 1.82) is 0 Å². The number of methoxy groups -OCH3 is 1. The standard InChI is InChI=1S/C17H22N2O2/c1-3-9-18-11-8-16(19-10-4-5-17(19)20)14-12-13(21-2)6-7-15(14)18/h3,6-7,12,16H,1,4-5,8-11H2,2H3.